The van der Waals surface area contributed by atoms with Gasteiger partial charge in [0.15, 0.2) is 0 Å². The number of fused-ring (bicyclic) bond motifs is 1. The highest BCUT2D eigenvalue weighted by Gasteiger charge is 2.14. The van der Waals surface area contributed by atoms with Crippen LogP contribution in [0.4, 0.5) is 10.1 Å². The number of benzene rings is 1. The van der Waals surface area contributed by atoms with Gasteiger partial charge in [0.1, 0.15) is 5.82 Å². The maximum absolute atomic E-state index is 13.3. The molecule has 0 fully saturated rings. The molecular formula is C11H14FN. The molecule has 1 atom stereocenters. The molecule has 0 spiro atoms. The first-order valence-corrected chi connectivity index (χ1v) is 4.78. The number of para-hydroxylation sites is 1. The Labute approximate surface area is 78.0 Å². The monoisotopic (exact) mass is 179 g/mol. The lowest BCUT2D eigenvalue weighted by Gasteiger charge is -2.08. The van der Waals surface area contributed by atoms with Gasteiger partial charge in [0.25, 0.3) is 0 Å². The number of hydrogen-bond donors (Lipinski definition) is 1. The zero-order valence-electron chi connectivity index (χ0n) is 7.81. The molecule has 0 radical (unpaired) electrons. The van der Waals surface area contributed by atoms with Crippen LogP contribution in [0.2, 0.25) is 0 Å². The number of halogens is 1. The first-order valence-electron chi connectivity index (χ1n) is 4.78. The average molecular weight is 179 g/mol. The fraction of sp³-hybridized carbons (Fsp3) is 0.455. The molecule has 0 aliphatic carbocycles. The summed E-state index contributed by atoms with van der Waals surface area (Å²) < 4.78 is 13.3. The maximum atomic E-state index is 13.3. The van der Waals surface area contributed by atoms with E-state index in [4.69, 9.17) is 0 Å². The Balaban J connectivity index is 2.39. The largest absolute Gasteiger partial charge is 0.382 e. The molecule has 1 heterocycles. The lowest BCUT2D eigenvalue weighted by Crippen LogP contribution is -2.03. The number of anilines is 1. The van der Waals surface area contributed by atoms with Crippen molar-refractivity contribution in [1.82, 2.24) is 0 Å². The average Bonchev–Trinajstić information content (AvgIpc) is 2.27. The van der Waals surface area contributed by atoms with Crippen LogP contribution in [0.3, 0.4) is 0 Å². The second-order valence-corrected chi connectivity index (χ2v) is 3.80. The van der Waals surface area contributed by atoms with Crippen LogP contribution in [0.5, 0.6) is 0 Å². The van der Waals surface area contributed by atoms with Gasteiger partial charge in [0.2, 0.25) is 0 Å². The van der Waals surface area contributed by atoms with Crippen LogP contribution < -0.4 is 5.32 Å². The van der Waals surface area contributed by atoms with E-state index < -0.39 is 0 Å². The van der Waals surface area contributed by atoms with Crippen LogP contribution in [-0.2, 0) is 6.42 Å². The van der Waals surface area contributed by atoms with Crippen molar-refractivity contribution in [2.24, 2.45) is 5.92 Å². The number of rotatable bonds is 0. The smallest absolute Gasteiger partial charge is 0.146 e. The lowest BCUT2D eigenvalue weighted by molar-refractivity contribution is 0.557. The second kappa shape index (κ2) is 3.36. The van der Waals surface area contributed by atoms with Gasteiger partial charge >= 0.3 is 0 Å². The van der Waals surface area contributed by atoms with Crippen molar-refractivity contribution in [3.05, 3.63) is 29.6 Å². The molecule has 0 amide bonds. The van der Waals surface area contributed by atoms with Crippen molar-refractivity contribution in [3.63, 3.8) is 0 Å². The van der Waals surface area contributed by atoms with Gasteiger partial charge in [-0.15, -0.1) is 0 Å². The summed E-state index contributed by atoms with van der Waals surface area (Å²) in [5.41, 5.74) is 1.83. The standard InChI is InChI=1S/C11H14FN/c1-8-5-6-13-11-9(7-8)3-2-4-10(11)12/h2-4,8,13H,5-7H2,1H3. The van der Waals surface area contributed by atoms with Gasteiger partial charge in [-0.2, -0.15) is 0 Å². The summed E-state index contributed by atoms with van der Waals surface area (Å²) >= 11 is 0. The third-order valence-electron chi connectivity index (χ3n) is 2.61. The third kappa shape index (κ3) is 1.67. The predicted molar refractivity (Wildman–Crippen MR) is 52.4 cm³/mol. The Morgan fingerprint density at radius 2 is 2.31 bits per heavy atom. The van der Waals surface area contributed by atoms with Crippen LogP contribution in [-0.4, -0.2) is 6.54 Å². The van der Waals surface area contributed by atoms with Crippen LogP contribution in [0.25, 0.3) is 0 Å². The summed E-state index contributed by atoms with van der Waals surface area (Å²) in [5, 5.41) is 3.15. The van der Waals surface area contributed by atoms with Gasteiger partial charge in [0, 0.05) is 6.54 Å². The van der Waals surface area contributed by atoms with Crippen molar-refractivity contribution in [3.8, 4) is 0 Å². The van der Waals surface area contributed by atoms with E-state index in [1.54, 1.807) is 6.07 Å². The fourth-order valence-corrected chi connectivity index (χ4v) is 1.86. The minimum Gasteiger partial charge on any atom is -0.382 e. The Bertz CT molecular complexity index is 309. The number of nitrogens with one attached hydrogen (secondary N) is 1. The molecule has 1 unspecified atom stereocenters. The van der Waals surface area contributed by atoms with E-state index in [-0.39, 0.29) is 5.82 Å². The van der Waals surface area contributed by atoms with Crippen molar-refractivity contribution in [1.29, 1.82) is 0 Å². The highest BCUT2D eigenvalue weighted by molar-refractivity contribution is 5.53. The molecule has 1 N–H and O–H groups in total. The summed E-state index contributed by atoms with van der Waals surface area (Å²) in [5.74, 6) is 0.530. The Kier molecular flexibility index (Phi) is 2.21. The Hall–Kier alpha value is -1.05. The zero-order chi connectivity index (χ0) is 9.26. The Morgan fingerprint density at radius 1 is 1.46 bits per heavy atom. The lowest BCUT2D eigenvalue weighted by atomic mass is 9.99. The van der Waals surface area contributed by atoms with E-state index in [0.29, 0.717) is 11.6 Å². The van der Waals surface area contributed by atoms with Crippen LogP contribution in [0.1, 0.15) is 18.9 Å². The molecule has 1 nitrogen and oxygen atoms in total. The molecule has 0 bridgehead atoms. The van der Waals surface area contributed by atoms with E-state index in [9.17, 15) is 4.39 Å². The molecule has 0 saturated carbocycles. The van der Waals surface area contributed by atoms with Crippen molar-refractivity contribution in [2.75, 3.05) is 11.9 Å². The first-order chi connectivity index (χ1) is 6.27. The van der Waals surface area contributed by atoms with Crippen molar-refractivity contribution in [2.45, 2.75) is 19.8 Å². The van der Waals surface area contributed by atoms with Gasteiger partial charge < -0.3 is 5.32 Å². The van der Waals surface area contributed by atoms with Gasteiger partial charge in [-0.1, -0.05) is 19.1 Å². The van der Waals surface area contributed by atoms with E-state index in [1.807, 2.05) is 6.07 Å². The Morgan fingerprint density at radius 3 is 3.15 bits per heavy atom. The fourth-order valence-electron chi connectivity index (χ4n) is 1.86. The minimum atomic E-state index is -0.119. The minimum absolute atomic E-state index is 0.119. The highest BCUT2D eigenvalue weighted by Crippen LogP contribution is 2.26. The molecule has 1 aliphatic heterocycles. The SMILES string of the molecule is CC1CCNc2c(F)cccc2C1. The highest BCUT2D eigenvalue weighted by atomic mass is 19.1. The molecule has 1 aromatic rings. The molecule has 1 aromatic carbocycles. The third-order valence-corrected chi connectivity index (χ3v) is 2.61. The zero-order valence-corrected chi connectivity index (χ0v) is 7.81. The second-order valence-electron chi connectivity index (χ2n) is 3.80. The van der Waals surface area contributed by atoms with Crippen LogP contribution in [0.15, 0.2) is 18.2 Å². The van der Waals surface area contributed by atoms with E-state index in [1.165, 1.54) is 6.07 Å². The van der Waals surface area contributed by atoms with Crippen molar-refractivity contribution < 1.29 is 4.39 Å². The summed E-state index contributed by atoms with van der Waals surface area (Å²) in [6.45, 7) is 3.09. The topological polar surface area (TPSA) is 12.0 Å². The van der Waals surface area contributed by atoms with E-state index in [0.717, 1.165) is 24.9 Å². The molecular weight excluding hydrogens is 165 g/mol. The van der Waals surface area contributed by atoms with Crippen LogP contribution in [0, 0.1) is 11.7 Å². The molecule has 0 aromatic heterocycles. The predicted octanol–water partition coefficient (Wildman–Crippen LogP) is 2.82. The summed E-state index contributed by atoms with van der Waals surface area (Å²) in [7, 11) is 0. The molecule has 1 aliphatic rings. The summed E-state index contributed by atoms with van der Waals surface area (Å²) in [4.78, 5) is 0. The summed E-state index contributed by atoms with van der Waals surface area (Å²) in [6, 6.07) is 5.31. The van der Waals surface area contributed by atoms with E-state index >= 15 is 0 Å². The molecule has 13 heavy (non-hydrogen) atoms. The van der Waals surface area contributed by atoms with Gasteiger partial charge in [-0.25, -0.2) is 4.39 Å². The van der Waals surface area contributed by atoms with E-state index in [2.05, 4.69) is 12.2 Å². The van der Waals surface area contributed by atoms with Gasteiger partial charge in [-0.05, 0) is 30.4 Å². The quantitative estimate of drug-likeness (QED) is 0.645. The van der Waals surface area contributed by atoms with Crippen LogP contribution >= 0.6 is 0 Å². The molecule has 70 valence electrons. The molecule has 0 saturated heterocycles. The molecule has 2 heteroatoms. The summed E-state index contributed by atoms with van der Waals surface area (Å²) in [6.07, 6.45) is 2.11. The van der Waals surface area contributed by atoms with Gasteiger partial charge in [-0.3, -0.25) is 0 Å². The maximum Gasteiger partial charge on any atom is 0.146 e. The number of hydrogen-bond acceptors (Lipinski definition) is 1. The first kappa shape index (κ1) is 8.54. The normalized spacial score (nSPS) is 21.5. The van der Waals surface area contributed by atoms with Gasteiger partial charge in [0.05, 0.1) is 5.69 Å². The van der Waals surface area contributed by atoms with Crippen molar-refractivity contribution >= 4 is 5.69 Å². The molecule has 2 rings (SSSR count).